The standard InChI is InChI=1S/C18H26N4/c1-3-5-12-19-17-14-16(15-10-8-7-9-11-15)21-18(22-17)20-13-6-4-2/h7-11,14H,3-6,12-13H2,1-2H3,(H2,19,20,21,22). The number of benzene rings is 1. The van der Waals surface area contributed by atoms with Crippen LogP contribution in [0.1, 0.15) is 39.5 Å². The number of hydrogen-bond donors (Lipinski definition) is 2. The summed E-state index contributed by atoms with van der Waals surface area (Å²) in [5, 5.41) is 6.72. The van der Waals surface area contributed by atoms with Gasteiger partial charge < -0.3 is 10.6 Å². The van der Waals surface area contributed by atoms with Gasteiger partial charge in [-0.05, 0) is 12.8 Å². The maximum absolute atomic E-state index is 4.64. The lowest BCUT2D eigenvalue weighted by Crippen LogP contribution is -2.09. The van der Waals surface area contributed by atoms with E-state index in [2.05, 4.69) is 46.6 Å². The SMILES string of the molecule is CCCCNc1cc(-c2ccccc2)nc(NCCCC)n1. The molecule has 0 bridgehead atoms. The molecule has 1 aromatic heterocycles. The van der Waals surface area contributed by atoms with Crippen molar-refractivity contribution in [2.24, 2.45) is 0 Å². The van der Waals surface area contributed by atoms with E-state index in [9.17, 15) is 0 Å². The topological polar surface area (TPSA) is 49.8 Å². The number of hydrogen-bond acceptors (Lipinski definition) is 4. The van der Waals surface area contributed by atoms with E-state index < -0.39 is 0 Å². The summed E-state index contributed by atoms with van der Waals surface area (Å²) in [6, 6.07) is 12.3. The summed E-state index contributed by atoms with van der Waals surface area (Å²) < 4.78 is 0. The molecular weight excluding hydrogens is 272 g/mol. The van der Waals surface area contributed by atoms with E-state index >= 15 is 0 Å². The van der Waals surface area contributed by atoms with Gasteiger partial charge in [-0.1, -0.05) is 57.0 Å². The first-order valence-electron chi connectivity index (χ1n) is 8.25. The first-order valence-corrected chi connectivity index (χ1v) is 8.25. The summed E-state index contributed by atoms with van der Waals surface area (Å²) in [6.07, 6.45) is 4.60. The van der Waals surface area contributed by atoms with Crippen LogP contribution in [0.25, 0.3) is 11.3 Å². The number of nitrogens with one attached hydrogen (secondary N) is 2. The van der Waals surface area contributed by atoms with E-state index in [0.717, 1.165) is 49.4 Å². The average Bonchev–Trinajstić information content (AvgIpc) is 2.56. The summed E-state index contributed by atoms with van der Waals surface area (Å²) in [5.41, 5.74) is 2.07. The van der Waals surface area contributed by atoms with Gasteiger partial charge in [-0.2, -0.15) is 4.98 Å². The molecule has 1 heterocycles. The van der Waals surface area contributed by atoms with Gasteiger partial charge in [-0.15, -0.1) is 0 Å². The second-order valence-electron chi connectivity index (χ2n) is 5.39. The Kier molecular flexibility index (Phi) is 6.68. The van der Waals surface area contributed by atoms with Crippen LogP contribution in [-0.2, 0) is 0 Å². The Hall–Kier alpha value is -2.10. The molecule has 0 fully saturated rings. The average molecular weight is 298 g/mol. The summed E-state index contributed by atoms with van der Waals surface area (Å²) in [6.45, 7) is 6.22. The number of unbranched alkanes of at least 4 members (excludes halogenated alkanes) is 2. The normalized spacial score (nSPS) is 10.5. The van der Waals surface area contributed by atoms with Crippen molar-refractivity contribution in [3.8, 4) is 11.3 Å². The molecule has 0 saturated carbocycles. The first-order chi connectivity index (χ1) is 10.8. The van der Waals surface area contributed by atoms with Crippen molar-refractivity contribution >= 4 is 11.8 Å². The van der Waals surface area contributed by atoms with Crippen LogP contribution in [0, 0.1) is 0 Å². The molecule has 4 heteroatoms. The molecule has 2 rings (SSSR count). The molecule has 22 heavy (non-hydrogen) atoms. The van der Waals surface area contributed by atoms with Crippen LogP contribution < -0.4 is 10.6 Å². The van der Waals surface area contributed by atoms with Crippen molar-refractivity contribution in [3.05, 3.63) is 36.4 Å². The second kappa shape index (κ2) is 9.03. The number of anilines is 2. The number of rotatable bonds is 9. The van der Waals surface area contributed by atoms with E-state index in [-0.39, 0.29) is 0 Å². The Morgan fingerprint density at radius 3 is 2.23 bits per heavy atom. The van der Waals surface area contributed by atoms with E-state index in [0.29, 0.717) is 5.95 Å². The molecule has 0 spiro atoms. The summed E-state index contributed by atoms with van der Waals surface area (Å²) in [5.74, 6) is 1.59. The van der Waals surface area contributed by atoms with Crippen LogP contribution in [0.2, 0.25) is 0 Å². The molecule has 0 unspecified atom stereocenters. The Bertz CT molecular complexity index is 526. The summed E-state index contributed by atoms with van der Waals surface area (Å²) >= 11 is 0. The zero-order chi connectivity index (χ0) is 15.6. The second-order valence-corrected chi connectivity index (χ2v) is 5.39. The van der Waals surface area contributed by atoms with E-state index in [1.165, 1.54) is 6.42 Å². The van der Waals surface area contributed by atoms with Crippen LogP contribution in [0.4, 0.5) is 11.8 Å². The molecular formula is C18H26N4. The van der Waals surface area contributed by atoms with Gasteiger partial charge in [0.25, 0.3) is 0 Å². The van der Waals surface area contributed by atoms with Crippen LogP contribution in [0.3, 0.4) is 0 Å². The smallest absolute Gasteiger partial charge is 0.225 e. The Balaban J connectivity index is 2.19. The van der Waals surface area contributed by atoms with Gasteiger partial charge in [0, 0.05) is 24.7 Å². The highest BCUT2D eigenvalue weighted by molar-refractivity contribution is 5.64. The predicted octanol–water partition coefficient (Wildman–Crippen LogP) is 4.57. The molecule has 0 saturated heterocycles. The Labute approximate surface area is 133 Å². The van der Waals surface area contributed by atoms with Crippen molar-refractivity contribution in [2.75, 3.05) is 23.7 Å². The van der Waals surface area contributed by atoms with Gasteiger partial charge in [-0.25, -0.2) is 4.98 Å². The number of aromatic nitrogens is 2. The lowest BCUT2D eigenvalue weighted by atomic mass is 10.1. The van der Waals surface area contributed by atoms with Gasteiger partial charge in [0.05, 0.1) is 5.69 Å². The maximum atomic E-state index is 4.64. The van der Waals surface area contributed by atoms with Gasteiger partial charge in [0.1, 0.15) is 5.82 Å². The van der Waals surface area contributed by atoms with Crippen LogP contribution >= 0.6 is 0 Å². The van der Waals surface area contributed by atoms with Crippen LogP contribution in [0.5, 0.6) is 0 Å². The fraction of sp³-hybridized carbons (Fsp3) is 0.444. The van der Waals surface area contributed by atoms with Crippen LogP contribution in [-0.4, -0.2) is 23.1 Å². The molecule has 0 aliphatic heterocycles. The predicted molar refractivity (Wildman–Crippen MR) is 94.3 cm³/mol. The van der Waals surface area contributed by atoms with Gasteiger partial charge in [0.15, 0.2) is 0 Å². The molecule has 0 aliphatic rings. The first kappa shape index (κ1) is 16.3. The largest absolute Gasteiger partial charge is 0.370 e. The van der Waals surface area contributed by atoms with E-state index in [1.807, 2.05) is 24.3 Å². The van der Waals surface area contributed by atoms with Crippen LogP contribution in [0.15, 0.2) is 36.4 Å². The molecule has 1 aromatic carbocycles. The minimum absolute atomic E-state index is 0.703. The summed E-state index contributed by atoms with van der Waals surface area (Å²) in [4.78, 5) is 9.21. The van der Waals surface area contributed by atoms with Gasteiger partial charge in [-0.3, -0.25) is 0 Å². The lowest BCUT2D eigenvalue weighted by molar-refractivity contribution is 0.821. The molecule has 2 N–H and O–H groups in total. The summed E-state index contributed by atoms with van der Waals surface area (Å²) in [7, 11) is 0. The molecule has 118 valence electrons. The molecule has 0 amide bonds. The third-order valence-electron chi connectivity index (χ3n) is 3.45. The quantitative estimate of drug-likeness (QED) is 0.666. The molecule has 0 aliphatic carbocycles. The van der Waals surface area contributed by atoms with Crippen molar-refractivity contribution < 1.29 is 0 Å². The Morgan fingerprint density at radius 1 is 0.864 bits per heavy atom. The lowest BCUT2D eigenvalue weighted by Gasteiger charge is -2.11. The number of nitrogens with zero attached hydrogens (tertiary/aromatic N) is 2. The van der Waals surface area contributed by atoms with Gasteiger partial charge in [0.2, 0.25) is 5.95 Å². The zero-order valence-corrected chi connectivity index (χ0v) is 13.6. The zero-order valence-electron chi connectivity index (χ0n) is 13.6. The minimum atomic E-state index is 0.703. The highest BCUT2D eigenvalue weighted by Crippen LogP contribution is 2.21. The maximum Gasteiger partial charge on any atom is 0.225 e. The van der Waals surface area contributed by atoms with E-state index in [1.54, 1.807) is 0 Å². The van der Waals surface area contributed by atoms with Crippen molar-refractivity contribution in [1.29, 1.82) is 0 Å². The van der Waals surface area contributed by atoms with Crippen molar-refractivity contribution in [2.45, 2.75) is 39.5 Å². The van der Waals surface area contributed by atoms with E-state index in [4.69, 9.17) is 0 Å². The highest BCUT2D eigenvalue weighted by Gasteiger charge is 2.06. The Morgan fingerprint density at radius 2 is 1.55 bits per heavy atom. The molecule has 2 aromatic rings. The molecule has 0 atom stereocenters. The highest BCUT2D eigenvalue weighted by atomic mass is 15.1. The fourth-order valence-corrected chi connectivity index (χ4v) is 2.14. The molecule has 0 radical (unpaired) electrons. The minimum Gasteiger partial charge on any atom is -0.370 e. The fourth-order valence-electron chi connectivity index (χ4n) is 2.14. The van der Waals surface area contributed by atoms with Crippen molar-refractivity contribution in [3.63, 3.8) is 0 Å². The van der Waals surface area contributed by atoms with Gasteiger partial charge >= 0.3 is 0 Å². The third kappa shape index (κ3) is 5.02. The monoisotopic (exact) mass is 298 g/mol. The third-order valence-corrected chi connectivity index (χ3v) is 3.45. The molecule has 4 nitrogen and oxygen atoms in total. The van der Waals surface area contributed by atoms with Crippen molar-refractivity contribution in [1.82, 2.24) is 9.97 Å².